The van der Waals surface area contributed by atoms with Crippen LogP contribution in [0.3, 0.4) is 0 Å². The van der Waals surface area contributed by atoms with Gasteiger partial charge in [0.1, 0.15) is 22.7 Å². The quantitative estimate of drug-likeness (QED) is 0.674. The van der Waals surface area contributed by atoms with Crippen molar-refractivity contribution in [1.82, 2.24) is 4.98 Å². The van der Waals surface area contributed by atoms with Crippen LogP contribution >= 0.6 is 11.6 Å². The number of anilines is 2. The van der Waals surface area contributed by atoms with Gasteiger partial charge in [-0.3, -0.25) is 9.00 Å². The third kappa shape index (κ3) is 4.28. The standard InChI is InChI=1S/C20H22ClF2N3O2S/c1-11(2)26(15-6-5-14(22)18(21)19(15)23)20(27)16-9-29(28)10-25(16)17-8-12(3)7-13(4)24-17/h5-8,11,16H,9-10H2,1-4H3/t16-,29?/m1/s1. The van der Waals surface area contributed by atoms with Gasteiger partial charge >= 0.3 is 0 Å². The van der Waals surface area contributed by atoms with Crippen molar-refractivity contribution in [2.75, 3.05) is 21.4 Å². The molecule has 29 heavy (non-hydrogen) atoms. The van der Waals surface area contributed by atoms with Crippen LogP contribution in [-0.2, 0) is 15.6 Å². The highest BCUT2D eigenvalue weighted by Gasteiger charge is 2.40. The second kappa shape index (κ2) is 8.36. The Morgan fingerprint density at radius 1 is 1.31 bits per heavy atom. The normalized spacial score (nSPS) is 19.1. The summed E-state index contributed by atoms with van der Waals surface area (Å²) in [7, 11) is -1.26. The molecule has 1 aromatic heterocycles. The Hall–Kier alpha value is -2.06. The molecule has 156 valence electrons. The first-order chi connectivity index (χ1) is 13.6. The molecule has 0 saturated carbocycles. The first-order valence-electron chi connectivity index (χ1n) is 9.13. The molecule has 0 N–H and O–H groups in total. The van der Waals surface area contributed by atoms with Crippen LogP contribution in [0, 0.1) is 25.5 Å². The maximum Gasteiger partial charge on any atom is 0.251 e. The molecule has 1 unspecified atom stereocenters. The van der Waals surface area contributed by atoms with Gasteiger partial charge in [0.15, 0.2) is 5.82 Å². The Balaban J connectivity index is 2.03. The highest BCUT2D eigenvalue weighted by atomic mass is 35.5. The fourth-order valence-corrected chi connectivity index (χ4v) is 5.04. The lowest BCUT2D eigenvalue weighted by molar-refractivity contribution is -0.119. The number of amides is 1. The van der Waals surface area contributed by atoms with Crippen molar-refractivity contribution < 1.29 is 17.8 Å². The van der Waals surface area contributed by atoms with Crippen LogP contribution < -0.4 is 9.80 Å². The van der Waals surface area contributed by atoms with Crippen molar-refractivity contribution in [2.45, 2.75) is 39.8 Å². The molecule has 1 aliphatic heterocycles. The zero-order chi connectivity index (χ0) is 21.5. The highest BCUT2D eigenvalue weighted by molar-refractivity contribution is 7.85. The van der Waals surface area contributed by atoms with Crippen LogP contribution in [0.5, 0.6) is 0 Å². The van der Waals surface area contributed by atoms with Gasteiger partial charge in [-0.2, -0.15) is 0 Å². The summed E-state index contributed by atoms with van der Waals surface area (Å²) in [5.74, 6) is -1.52. The topological polar surface area (TPSA) is 53.5 Å². The summed E-state index contributed by atoms with van der Waals surface area (Å²) in [6, 6.07) is 4.74. The summed E-state index contributed by atoms with van der Waals surface area (Å²) >= 11 is 5.72. The van der Waals surface area contributed by atoms with Crippen LogP contribution in [0.25, 0.3) is 0 Å². The molecule has 1 fully saturated rings. The number of carbonyl (C=O) groups is 1. The van der Waals surface area contributed by atoms with E-state index in [2.05, 4.69) is 4.98 Å². The molecule has 1 aliphatic rings. The first-order valence-corrected chi connectivity index (χ1v) is 11.0. The monoisotopic (exact) mass is 441 g/mol. The van der Waals surface area contributed by atoms with Crippen molar-refractivity contribution in [2.24, 2.45) is 0 Å². The van der Waals surface area contributed by atoms with Crippen molar-refractivity contribution in [1.29, 1.82) is 0 Å². The molecule has 0 bridgehead atoms. The molecule has 2 atom stereocenters. The van der Waals surface area contributed by atoms with Gasteiger partial charge in [0.05, 0.1) is 17.3 Å². The van der Waals surface area contributed by atoms with E-state index in [0.29, 0.717) is 5.82 Å². The maximum absolute atomic E-state index is 14.7. The number of pyridine rings is 1. The smallest absolute Gasteiger partial charge is 0.251 e. The number of carbonyl (C=O) groups excluding carboxylic acids is 1. The number of hydrogen-bond donors (Lipinski definition) is 0. The van der Waals surface area contributed by atoms with E-state index in [4.69, 9.17) is 11.6 Å². The van der Waals surface area contributed by atoms with Gasteiger partial charge in [0, 0.05) is 22.5 Å². The van der Waals surface area contributed by atoms with E-state index in [9.17, 15) is 17.8 Å². The molecule has 1 amide bonds. The third-order valence-electron chi connectivity index (χ3n) is 4.69. The van der Waals surface area contributed by atoms with Crippen LogP contribution in [0.2, 0.25) is 5.02 Å². The lowest BCUT2D eigenvalue weighted by Gasteiger charge is -2.33. The number of rotatable bonds is 4. The van der Waals surface area contributed by atoms with Crippen LogP contribution in [0.15, 0.2) is 24.3 Å². The zero-order valence-corrected chi connectivity index (χ0v) is 18.2. The zero-order valence-electron chi connectivity index (χ0n) is 16.6. The van der Waals surface area contributed by atoms with E-state index in [-0.39, 0.29) is 17.3 Å². The largest absolute Gasteiger partial charge is 0.332 e. The molecule has 0 radical (unpaired) electrons. The van der Waals surface area contributed by atoms with Gasteiger partial charge in [0.25, 0.3) is 5.91 Å². The SMILES string of the molecule is Cc1cc(C)nc(N2CS(=O)C[C@@H]2C(=O)N(c2ccc(F)c(Cl)c2F)C(C)C)c1. The highest BCUT2D eigenvalue weighted by Crippen LogP contribution is 2.32. The molecule has 0 spiro atoms. The van der Waals surface area contributed by atoms with E-state index < -0.39 is 45.4 Å². The van der Waals surface area contributed by atoms with Gasteiger partial charge in [-0.25, -0.2) is 13.8 Å². The van der Waals surface area contributed by atoms with E-state index in [0.717, 1.165) is 17.3 Å². The number of benzene rings is 1. The molecular formula is C20H22ClF2N3O2S. The minimum absolute atomic E-state index is 0.104. The molecule has 1 aromatic carbocycles. The third-order valence-corrected chi connectivity index (χ3v) is 6.29. The molecule has 9 heteroatoms. The Morgan fingerprint density at radius 3 is 2.62 bits per heavy atom. The number of halogens is 3. The Kier molecular flexibility index (Phi) is 6.24. The summed E-state index contributed by atoms with van der Waals surface area (Å²) in [6.45, 7) is 7.20. The van der Waals surface area contributed by atoms with E-state index in [1.807, 2.05) is 26.0 Å². The maximum atomic E-state index is 14.7. The van der Waals surface area contributed by atoms with Gasteiger partial charge in [-0.1, -0.05) is 11.6 Å². The van der Waals surface area contributed by atoms with Crippen molar-refractivity contribution >= 4 is 39.8 Å². The van der Waals surface area contributed by atoms with Crippen molar-refractivity contribution in [3.05, 3.63) is 52.2 Å². The fraction of sp³-hybridized carbons (Fsp3) is 0.400. The van der Waals surface area contributed by atoms with Crippen LogP contribution in [-0.4, -0.2) is 38.8 Å². The Morgan fingerprint density at radius 2 is 2.00 bits per heavy atom. The fourth-order valence-electron chi connectivity index (χ4n) is 3.48. The average Bonchev–Trinajstić information content (AvgIpc) is 3.02. The predicted octanol–water partition coefficient (Wildman–Crippen LogP) is 3.97. The molecular weight excluding hydrogens is 420 g/mol. The van der Waals surface area contributed by atoms with E-state index in [1.54, 1.807) is 18.7 Å². The minimum Gasteiger partial charge on any atom is -0.332 e. The average molecular weight is 442 g/mol. The second-order valence-electron chi connectivity index (χ2n) is 7.36. The van der Waals surface area contributed by atoms with Gasteiger partial charge < -0.3 is 9.80 Å². The summed E-state index contributed by atoms with van der Waals surface area (Å²) in [4.78, 5) is 20.9. The van der Waals surface area contributed by atoms with Gasteiger partial charge in [-0.05, 0) is 57.5 Å². The number of hydrogen-bond acceptors (Lipinski definition) is 4. The van der Waals surface area contributed by atoms with Crippen molar-refractivity contribution in [3.63, 3.8) is 0 Å². The molecule has 3 rings (SSSR count). The molecule has 5 nitrogen and oxygen atoms in total. The summed E-state index contributed by atoms with van der Waals surface area (Å²) in [5.41, 5.74) is 1.64. The number of nitrogens with zero attached hydrogens (tertiary/aromatic N) is 3. The second-order valence-corrected chi connectivity index (χ2v) is 9.21. The summed E-state index contributed by atoms with van der Waals surface area (Å²) in [6.07, 6.45) is 0. The van der Waals surface area contributed by atoms with Gasteiger partial charge in [0.2, 0.25) is 0 Å². The van der Waals surface area contributed by atoms with Crippen LogP contribution in [0.1, 0.15) is 25.1 Å². The molecule has 2 aromatic rings. The molecule has 1 saturated heterocycles. The van der Waals surface area contributed by atoms with E-state index >= 15 is 0 Å². The summed E-state index contributed by atoms with van der Waals surface area (Å²) < 4.78 is 40.6. The number of aromatic nitrogens is 1. The Bertz CT molecular complexity index is 966. The van der Waals surface area contributed by atoms with E-state index in [1.165, 1.54) is 11.0 Å². The lowest BCUT2D eigenvalue weighted by Crippen LogP contribution is -2.50. The number of aryl methyl sites for hydroxylation is 2. The van der Waals surface area contributed by atoms with Gasteiger partial charge in [-0.15, -0.1) is 0 Å². The minimum atomic E-state index is -1.26. The lowest BCUT2D eigenvalue weighted by atomic mass is 10.1. The Labute approximate surface area is 176 Å². The van der Waals surface area contributed by atoms with Crippen molar-refractivity contribution in [3.8, 4) is 0 Å². The summed E-state index contributed by atoms with van der Waals surface area (Å²) in [5, 5.41) is -0.663. The molecule has 2 heterocycles. The molecule has 0 aliphatic carbocycles. The predicted molar refractivity (Wildman–Crippen MR) is 112 cm³/mol. The van der Waals surface area contributed by atoms with Crippen LogP contribution in [0.4, 0.5) is 20.3 Å². The first kappa shape index (κ1) is 21.6.